The second-order valence-corrected chi connectivity index (χ2v) is 8.69. The number of ether oxygens (including phenoxy) is 1. The highest BCUT2D eigenvalue weighted by Gasteiger charge is 2.21. The van der Waals surface area contributed by atoms with Crippen molar-refractivity contribution in [2.24, 2.45) is 5.73 Å². The summed E-state index contributed by atoms with van der Waals surface area (Å²) in [5.74, 6) is 0.795. The van der Waals surface area contributed by atoms with Gasteiger partial charge in [-0.1, -0.05) is 79.1 Å². The van der Waals surface area contributed by atoms with Gasteiger partial charge in [0.25, 0.3) is 0 Å². The molecule has 0 saturated heterocycles. The average Bonchev–Trinajstić information content (AvgIpc) is 2.97. The van der Waals surface area contributed by atoms with Gasteiger partial charge in [-0.05, 0) is 29.7 Å². The van der Waals surface area contributed by atoms with Crippen LogP contribution in [-0.2, 0) is 17.9 Å². The van der Waals surface area contributed by atoms with Crippen molar-refractivity contribution in [3.05, 3.63) is 75.7 Å². The third-order valence-corrected chi connectivity index (χ3v) is 5.68. The summed E-state index contributed by atoms with van der Waals surface area (Å²) < 4.78 is 7.10. The van der Waals surface area contributed by atoms with E-state index in [0.29, 0.717) is 22.4 Å². The molecule has 1 aromatic heterocycles. The molecule has 2 aromatic carbocycles. The van der Waals surface area contributed by atoms with Gasteiger partial charge in [0.05, 0.1) is 5.69 Å². The molecule has 8 heteroatoms. The van der Waals surface area contributed by atoms with Crippen LogP contribution in [0.25, 0.3) is 0 Å². The lowest BCUT2D eigenvalue weighted by Gasteiger charge is -2.14. The standard InChI is InChI=1S/C21H21Cl2N3O2S/c1-13(2)19-20(29-17-9-15(22)8-16(23)10-17)26(11-14-6-4-3-5-7-14)18(25-19)12-28-21(24)27/h3-10,13H,11-12H2,1-2H3,(H2,24,27). The van der Waals surface area contributed by atoms with E-state index in [1.807, 2.05) is 47.0 Å². The number of hydrogen-bond donors (Lipinski definition) is 1. The number of nitrogens with two attached hydrogens (primary N) is 1. The molecule has 2 N–H and O–H groups in total. The van der Waals surface area contributed by atoms with Gasteiger partial charge in [-0.2, -0.15) is 0 Å². The Bertz CT molecular complexity index is 986. The Hall–Kier alpha value is -2.15. The van der Waals surface area contributed by atoms with E-state index in [9.17, 15) is 4.79 Å². The van der Waals surface area contributed by atoms with Gasteiger partial charge in [0, 0.05) is 21.5 Å². The first-order chi connectivity index (χ1) is 13.8. The molecule has 0 bridgehead atoms. The topological polar surface area (TPSA) is 70.1 Å². The van der Waals surface area contributed by atoms with Crippen LogP contribution in [0.1, 0.15) is 36.8 Å². The molecule has 0 spiro atoms. The summed E-state index contributed by atoms with van der Waals surface area (Å²) in [5.41, 5.74) is 7.18. The number of carbonyl (C=O) groups excluding carboxylic acids is 1. The lowest BCUT2D eigenvalue weighted by molar-refractivity contribution is 0.145. The number of primary amides is 1. The second kappa shape index (κ2) is 9.57. The maximum absolute atomic E-state index is 11.2. The van der Waals surface area contributed by atoms with E-state index in [1.54, 1.807) is 6.07 Å². The van der Waals surface area contributed by atoms with Gasteiger partial charge >= 0.3 is 6.09 Å². The predicted molar refractivity (Wildman–Crippen MR) is 117 cm³/mol. The van der Waals surface area contributed by atoms with Crippen molar-refractivity contribution in [3.63, 3.8) is 0 Å². The molecule has 5 nitrogen and oxygen atoms in total. The zero-order chi connectivity index (χ0) is 21.0. The fourth-order valence-corrected chi connectivity index (χ4v) is 4.78. The minimum atomic E-state index is -0.832. The number of carbonyl (C=O) groups is 1. The van der Waals surface area contributed by atoms with Crippen LogP contribution in [-0.4, -0.2) is 15.6 Å². The van der Waals surface area contributed by atoms with Crippen molar-refractivity contribution in [3.8, 4) is 0 Å². The van der Waals surface area contributed by atoms with Crippen LogP contribution in [0, 0.1) is 0 Å². The number of nitrogens with zero attached hydrogens (tertiary/aromatic N) is 2. The van der Waals surface area contributed by atoms with Crippen LogP contribution >= 0.6 is 35.0 Å². The first kappa shape index (κ1) is 21.6. The molecule has 0 saturated carbocycles. The van der Waals surface area contributed by atoms with Crippen molar-refractivity contribution in [1.29, 1.82) is 0 Å². The van der Waals surface area contributed by atoms with Crippen LogP contribution in [0.3, 0.4) is 0 Å². The van der Waals surface area contributed by atoms with Crippen LogP contribution < -0.4 is 5.73 Å². The van der Waals surface area contributed by atoms with E-state index in [-0.39, 0.29) is 12.5 Å². The molecule has 3 rings (SSSR count). The summed E-state index contributed by atoms with van der Waals surface area (Å²) in [7, 11) is 0. The fraction of sp³-hybridized carbons (Fsp3) is 0.238. The number of imidazole rings is 1. The molecule has 0 unspecified atom stereocenters. The van der Waals surface area contributed by atoms with Crippen molar-refractivity contribution >= 4 is 41.1 Å². The Morgan fingerprint density at radius 1 is 1.17 bits per heavy atom. The number of aromatic nitrogens is 2. The normalized spacial score (nSPS) is 11.1. The predicted octanol–water partition coefficient (Wildman–Crippen LogP) is 6.11. The smallest absolute Gasteiger partial charge is 0.404 e. The average molecular weight is 450 g/mol. The van der Waals surface area contributed by atoms with Gasteiger partial charge in [-0.3, -0.25) is 0 Å². The molecule has 0 aliphatic carbocycles. The van der Waals surface area contributed by atoms with E-state index >= 15 is 0 Å². The molecule has 0 aliphatic rings. The largest absolute Gasteiger partial charge is 0.442 e. The summed E-state index contributed by atoms with van der Waals surface area (Å²) in [6, 6.07) is 15.4. The van der Waals surface area contributed by atoms with Gasteiger partial charge in [0.1, 0.15) is 10.9 Å². The van der Waals surface area contributed by atoms with Crippen molar-refractivity contribution in [2.45, 2.75) is 42.8 Å². The molecule has 0 atom stereocenters. The highest BCUT2D eigenvalue weighted by molar-refractivity contribution is 7.99. The Balaban J connectivity index is 2.08. The van der Waals surface area contributed by atoms with E-state index in [1.165, 1.54) is 11.8 Å². The van der Waals surface area contributed by atoms with Crippen LogP contribution in [0.4, 0.5) is 4.79 Å². The molecule has 1 amide bonds. The minimum absolute atomic E-state index is 0.00124. The van der Waals surface area contributed by atoms with Crippen molar-refractivity contribution in [1.82, 2.24) is 9.55 Å². The first-order valence-electron chi connectivity index (χ1n) is 9.03. The monoisotopic (exact) mass is 449 g/mol. The number of hydrogen-bond acceptors (Lipinski definition) is 4. The minimum Gasteiger partial charge on any atom is -0.442 e. The van der Waals surface area contributed by atoms with E-state index in [0.717, 1.165) is 21.2 Å². The Morgan fingerprint density at radius 2 is 1.83 bits per heavy atom. The van der Waals surface area contributed by atoms with E-state index < -0.39 is 6.09 Å². The lowest BCUT2D eigenvalue weighted by atomic mass is 10.1. The van der Waals surface area contributed by atoms with E-state index in [4.69, 9.17) is 38.7 Å². The summed E-state index contributed by atoms with van der Waals surface area (Å²) >= 11 is 13.9. The molecular weight excluding hydrogens is 429 g/mol. The Labute approximate surface area is 184 Å². The highest BCUT2D eigenvalue weighted by atomic mass is 35.5. The fourth-order valence-electron chi connectivity index (χ4n) is 2.86. The van der Waals surface area contributed by atoms with Crippen molar-refractivity contribution < 1.29 is 9.53 Å². The maximum atomic E-state index is 11.2. The van der Waals surface area contributed by atoms with Gasteiger partial charge < -0.3 is 15.0 Å². The van der Waals surface area contributed by atoms with E-state index in [2.05, 4.69) is 13.8 Å². The highest BCUT2D eigenvalue weighted by Crippen LogP contribution is 2.37. The molecular formula is C21H21Cl2N3O2S. The summed E-state index contributed by atoms with van der Waals surface area (Å²) in [5, 5.41) is 2.08. The molecule has 3 aromatic rings. The molecule has 152 valence electrons. The van der Waals surface area contributed by atoms with Crippen LogP contribution in [0.2, 0.25) is 10.0 Å². The Morgan fingerprint density at radius 3 is 2.41 bits per heavy atom. The summed E-state index contributed by atoms with van der Waals surface area (Å²) in [6.07, 6.45) is -0.832. The summed E-state index contributed by atoms with van der Waals surface area (Å²) in [4.78, 5) is 16.8. The second-order valence-electron chi connectivity index (χ2n) is 6.76. The molecule has 0 radical (unpaired) electrons. The lowest BCUT2D eigenvalue weighted by Crippen LogP contribution is -2.15. The number of benzene rings is 2. The maximum Gasteiger partial charge on any atom is 0.404 e. The molecule has 1 heterocycles. The molecule has 0 aliphatic heterocycles. The zero-order valence-electron chi connectivity index (χ0n) is 16.1. The third-order valence-electron chi connectivity index (χ3n) is 4.15. The van der Waals surface area contributed by atoms with Crippen molar-refractivity contribution in [2.75, 3.05) is 0 Å². The molecule has 0 fully saturated rings. The van der Waals surface area contributed by atoms with Gasteiger partial charge in [0.2, 0.25) is 0 Å². The number of halogens is 2. The first-order valence-corrected chi connectivity index (χ1v) is 10.6. The number of rotatable bonds is 7. The third kappa shape index (κ3) is 5.69. The zero-order valence-corrected chi connectivity index (χ0v) is 18.4. The van der Waals surface area contributed by atoms with Gasteiger partial charge in [0.15, 0.2) is 6.61 Å². The SMILES string of the molecule is CC(C)c1nc(COC(N)=O)n(Cc2ccccc2)c1Sc1cc(Cl)cc(Cl)c1. The van der Waals surface area contributed by atoms with Gasteiger partial charge in [-0.25, -0.2) is 9.78 Å². The van der Waals surface area contributed by atoms with Crippen LogP contribution in [0.5, 0.6) is 0 Å². The molecule has 29 heavy (non-hydrogen) atoms. The van der Waals surface area contributed by atoms with Crippen LogP contribution in [0.15, 0.2) is 58.5 Å². The van der Waals surface area contributed by atoms with Gasteiger partial charge in [-0.15, -0.1) is 0 Å². The number of amides is 1. The summed E-state index contributed by atoms with van der Waals surface area (Å²) in [6.45, 7) is 4.72. The Kier molecular flexibility index (Phi) is 7.11. The quantitative estimate of drug-likeness (QED) is 0.472.